The van der Waals surface area contributed by atoms with Crippen molar-refractivity contribution >= 4 is 28.4 Å². The van der Waals surface area contributed by atoms with Crippen molar-refractivity contribution in [3.05, 3.63) is 70.4 Å². The number of hydrogen-bond donors (Lipinski definition) is 2. The van der Waals surface area contributed by atoms with Crippen LogP contribution in [0, 0.1) is 0 Å². The van der Waals surface area contributed by atoms with E-state index < -0.39 is 0 Å². The van der Waals surface area contributed by atoms with E-state index in [4.69, 9.17) is 11.6 Å². The molecule has 0 fully saturated rings. The molecule has 1 atom stereocenters. The second-order valence-corrected chi connectivity index (χ2v) is 6.49. The number of H-pyrrole nitrogens is 1. The van der Waals surface area contributed by atoms with Crippen LogP contribution in [0.5, 0.6) is 0 Å². The van der Waals surface area contributed by atoms with Gasteiger partial charge >= 0.3 is 0 Å². The Balaban J connectivity index is 1.55. The average molecular weight is 325 g/mol. The average Bonchev–Trinajstić information content (AvgIpc) is 2.93. The van der Waals surface area contributed by atoms with Gasteiger partial charge < -0.3 is 10.3 Å². The van der Waals surface area contributed by atoms with Crippen LogP contribution in [0.15, 0.2) is 48.5 Å². The number of halogens is 1. The maximum Gasteiger partial charge on any atom is 0.251 e. The molecule has 2 aromatic carbocycles. The predicted molar refractivity (Wildman–Crippen MR) is 93.0 cm³/mol. The summed E-state index contributed by atoms with van der Waals surface area (Å²) >= 11 is 5.97. The van der Waals surface area contributed by atoms with Crippen molar-refractivity contribution < 1.29 is 4.79 Å². The van der Waals surface area contributed by atoms with Crippen LogP contribution in [0.2, 0.25) is 5.02 Å². The van der Waals surface area contributed by atoms with Gasteiger partial charge in [-0.15, -0.1) is 0 Å². The summed E-state index contributed by atoms with van der Waals surface area (Å²) in [5.41, 5.74) is 4.43. The minimum absolute atomic E-state index is 0.0548. The second kappa shape index (κ2) is 5.74. The lowest BCUT2D eigenvalue weighted by atomic mass is 9.91. The number of para-hydroxylation sites is 1. The van der Waals surface area contributed by atoms with Crippen molar-refractivity contribution in [3.8, 4) is 0 Å². The van der Waals surface area contributed by atoms with Gasteiger partial charge in [-0.3, -0.25) is 4.79 Å². The molecule has 4 rings (SSSR count). The molecule has 0 aliphatic heterocycles. The topological polar surface area (TPSA) is 44.9 Å². The first-order chi connectivity index (χ1) is 11.2. The third-order valence-corrected chi connectivity index (χ3v) is 4.75. The number of hydrogen-bond acceptors (Lipinski definition) is 1. The lowest BCUT2D eigenvalue weighted by molar-refractivity contribution is 0.0933. The molecular formula is C19H17ClN2O. The van der Waals surface area contributed by atoms with E-state index in [0.29, 0.717) is 10.6 Å². The molecule has 1 amide bonds. The zero-order chi connectivity index (χ0) is 15.8. The summed E-state index contributed by atoms with van der Waals surface area (Å²) in [6.07, 6.45) is 2.78. The molecule has 1 aliphatic rings. The molecule has 1 aliphatic carbocycles. The van der Waals surface area contributed by atoms with Gasteiger partial charge in [-0.25, -0.2) is 0 Å². The quantitative estimate of drug-likeness (QED) is 0.732. The fourth-order valence-electron chi connectivity index (χ4n) is 3.39. The SMILES string of the molecule is O=C(NC1CCc2[nH]c3ccccc3c2C1)c1cccc(Cl)c1. The highest BCUT2D eigenvalue weighted by Crippen LogP contribution is 2.29. The van der Waals surface area contributed by atoms with Gasteiger partial charge in [0.2, 0.25) is 0 Å². The maximum atomic E-state index is 12.4. The van der Waals surface area contributed by atoms with Crippen molar-refractivity contribution in [2.45, 2.75) is 25.3 Å². The number of aromatic nitrogens is 1. The molecule has 1 aromatic heterocycles. The zero-order valence-electron chi connectivity index (χ0n) is 12.6. The maximum absolute atomic E-state index is 12.4. The first-order valence-corrected chi connectivity index (χ1v) is 8.23. The summed E-state index contributed by atoms with van der Waals surface area (Å²) < 4.78 is 0. The number of carbonyl (C=O) groups is 1. The molecule has 3 aromatic rings. The van der Waals surface area contributed by atoms with E-state index in [9.17, 15) is 4.79 Å². The molecule has 3 nitrogen and oxygen atoms in total. The van der Waals surface area contributed by atoms with Crippen LogP contribution in [-0.2, 0) is 12.8 Å². The van der Waals surface area contributed by atoms with Crippen molar-refractivity contribution in [2.24, 2.45) is 0 Å². The Hall–Kier alpha value is -2.26. The third kappa shape index (κ3) is 2.73. The summed E-state index contributed by atoms with van der Waals surface area (Å²) in [4.78, 5) is 15.9. The molecule has 0 radical (unpaired) electrons. The first-order valence-electron chi connectivity index (χ1n) is 7.85. The molecule has 116 valence electrons. The van der Waals surface area contributed by atoms with Crippen LogP contribution in [0.1, 0.15) is 28.0 Å². The summed E-state index contributed by atoms with van der Waals surface area (Å²) in [5, 5.41) is 5.00. The molecular weight excluding hydrogens is 308 g/mol. The van der Waals surface area contributed by atoms with E-state index in [-0.39, 0.29) is 11.9 Å². The predicted octanol–water partition coefficient (Wildman–Crippen LogP) is 4.11. The Bertz CT molecular complexity index is 884. The smallest absolute Gasteiger partial charge is 0.251 e. The molecule has 0 saturated heterocycles. The lowest BCUT2D eigenvalue weighted by Crippen LogP contribution is -2.38. The number of aryl methyl sites for hydroxylation is 1. The normalized spacial score (nSPS) is 17.0. The Morgan fingerprint density at radius 2 is 2.04 bits per heavy atom. The van der Waals surface area contributed by atoms with Crippen LogP contribution in [0.25, 0.3) is 10.9 Å². The summed E-state index contributed by atoms with van der Waals surface area (Å²) in [5.74, 6) is -0.0548. The molecule has 1 heterocycles. The van der Waals surface area contributed by atoms with Gasteiger partial charge in [0.05, 0.1) is 0 Å². The Labute approximate surface area is 139 Å². The van der Waals surface area contributed by atoms with Crippen molar-refractivity contribution in [1.29, 1.82) is 0 Å². The number of nitrogens with one attached hydrogen (secondary N) is 2. The fourth-order valence-corrected chi connectivity index (χ4v) is 3.58. The molecule has 4 heteroatoms. The van der Waals surface area contributed by atoms with Gasteiger partial charge in [0.1, 0.15) is 0 Å². The fraction of sp³-hybridized carbons (Fsp3) is 0.211. The van der Waals surface area contributed by atoms with Gasteiger partial charge in [-0.05, 0) is 49.1 Å². The highest BCUT2D eigenvalue weighted by atomic mass is 35.5. The molecule has 0 spiro atoms. The van der Waals surface area contributed by atoms with E-state index in [0.717, 1.165) is 19.3 Å². The molecule has 1 unspecified atom stereocenters. The van der Waals surface area contributed by atoms with E-state index in [2.05, 4.69) is 28.5 Å². The molecule has 0 saturated carbocycles. The van der Waals surface area contributed by atoms with E-state index in [1.54, 1.807) is 24.3 Å². The van der Waals surface area contributed by atoms with Crippen LogP contribution in [0.4, 0.5) is 0 Å². The standard InChI is InChI=1S/C19H17ClN2O/c20-13-5-3-4-12(10-13)19(23)21-14-8-9-18-16(11-14)15-6-1-2-7-17(15)22-18/h1-7,10,14,22H,8-9,11H2,(H,21,23). The number of carbonyl (C=O) groups excluding carboxylic acids is 1. The Morgan fingerprint density at radius 1 is 1.17 bits per heavy atom. The zero-order valence-corrected chi connectivity index (χ0v) is 13.4. The molecule has 0 bridgehead atoms. The number of fused-ring (bicyclic) bond motifs is 3. The van der Waals surface area contributed by atoms with Crippen molar-refractivity contribution in [2.75, 3.05) is 0 Å². The number of benzene rings is 2. The second-order valence-electron chi connectivity index (χ2n) is 6.05. The Kier molecular flexibility index (Phi) is 3.58. The van der Waals surface area contributed by atoms with Crippen LogP contribution in [0.3, 0.4) is 0 Å². The molecule has 2 N–H and O–H groups in total. The van der Waals surface area contributed by atoms with Gasteiger partial charge in [-0.2, -0.15) is 0 Å². The van der Waals surface area contributed by atoms with Gasteiger partial charge in [0.15, 0.2) is 0 Å². The first kappa shape index (κ1) is 14.3. The highest BCUT2D eigenvalue weighted by molar-refractivity contribution is 6.30. The summed E-state index contributed by atoms with van der Waals surface area (Å²) in [6.45, 7) is 0. The van der Waals surface area contributed by atoms with Gasteiger partial charge in [0, 0.05) is 33.2 Å². The highest BCUT2D eigenvalue weighted by Gasteiger charge is 2.23. The summed E-state index contributed by atoms with van der Waals surface area (Å²) in [7, 11) is 0. The van der Waals surface area contributed by atoms with Crippen LogP contribution >= 0.6 is 11.6 Å². The number of amides is 1. The number of aromatic amines is 1. The van der Waals surface area contributed by atoms with E-state index in [1.807, 2.05) is 6.07 Å². The van der Waals surface area contributed by atoms with Gasteiger partial charge in [0.25, 0.3) is 5.91 Å². The third-order valence-electron chi connectivity index (χ3n) is 4.52. The van der Waals surface area contributed by atoms with E-state index in [1.165, 1.54) is 22.2 Å². The van der Waals surface area contributed by atoms with Gasteiger partial charge in [-0.1, -0.05) is 35.9 Å². The molecule has 23 heavy (non-hydrogen) atoms. The monoisotopic (exact) mass is 324 g/mol. The van der Waals surface area contributed by atoms with Crippen molar-refractivity contribution in [3.63, 3.8) is 0 Å². The largest absolute Gasteiger partial charge is 0.358 e. The van der Waals surface area contributed by atoms with Crippen molar-refractivity contribution in [1.82, 2.24) is 10.3 Å². The minimum atomic E-state index is -0.0548. The van der Waals surface area contributed by atoms with Crippen LogP contribution < -0.4 is 5.32 Å². The Morgan fingerprint density at radius 3 is 2.91 bits per heavy atom. The summed E-state index contributed by atoms with van der Waals surface area (Å²) in [6, 6.07) is 15.6. The van der Waals surface area contributed by atoms with Crippen LogP contribution in [-0.4, -0.2) is 16.9 Å². The number of rotatable bonds is 2. The van der Waals surface area contributed by atoms with E-state index >= 15 is 0 Å². The minimum Gasteiger partial charge on any atom is -0.358 e. The lowest BCUT2D eigenvalue weighted by Gasteiger charge is -2.23.